The van der Waals surface area contributed by atoms with Gasteiger partial charge in [0.25, 0.3) is 0 Å². The molecule has 0 aromatic carbocycles. The number of carbonyl (C=O) groups excluding carboxylic acids is 2. The number of esters is 1. The summed E-state index contributed by atoms with van der Waals surface area (Å²) in [6, 6.07) is 0.196. The summed E-state index contributed by atoms with van der Waals surface area (Å²) in [5.74, 6) is -0.0699. The number of ether oxygens (including phenoxy) is 2. The summed E-state index contributed by atoms with van der Waals surface area (Å²) >= 11 is 1.39. The van der Waals surface area contributed by atoms with Crippen LogP contribution in [0.5, 0.6) is 0 Å². The van der Waals surface area contributed by atoms with Gasteiger partial charge in [0.2, 0.25) is 5.91 Å². The van der Waals surface area contributed by atoms with E-state index in [2.05, 4.69) is 31.0 Å². The van der Waals surface area contributed by atoms with Gasteiger partial charge in [0.1, 0.15) is 5.00 Å². The van der Waals surface area contributed by atoms with Gasteiger partial charge in [-0.15, -0.1) is 11.3 Å². The van der Waals surface area contributed by atoms with Crippen LogP contribution in [0, 0.1) is 5.92 Å². The van der Waals surface area contributed by atoms with Gasteiger partial charge in [-0.2, -0.15) is 0 Å². The van der Waals surface area contributed by atoms with Crippen LogP contribution >= 0.6 is 11.3 Å². The molecule has 1 aromatic heterocycles. The van der Waals surface area contributed by atoms with Gasteiger partial charge >= 0.3 is 5.97 Å². The third-order valence-electron chi connectivity index (χ3n) is 4.31. The zero-order chi connectivity index (χ0) is 19.3. The second-order valence-electron chi connectivity index (χ2n) is 7.25. The summed E-state index contributed by atoms with van der Waals surface area (Å²) < 4.78 is 10.8. The first-order chi connectivity index (χ1) is 12.3. The average Bonchev–Trinajstić information content (AvgIpc) is 2.92. The van der Waals surface area contributed by atoms with Gasteiger partial charge in [-0.25, -0.2) is 4.79 Å². The van der Waals surface area contributed by atoms with Gasteiger partial charge in [-0.3, -0.25) is 9.69 Å². The van der Waals surface area contributed by atoms with Crippen LogP contribution in [0.3, 0.4) is 0 Å². The standard InChI is InChI=1S/C19H30N2O4S/c1-6-24-19(23)17-15(7-12(2)3)11-26-18(17)20-16(22)9-21-8-14(5)25-10-13(21)4/h11-14H,6-10H2,1-5H3,(H,20,22)/t13-,14+/m0/s1. The maximum absolute atomic E-state index is 12.6. The Kier molecular flexibility index (Phi) is 7.61. The van der Waals surface area contributed by atoms with Crippen molar-refractivity contribution in [3.63, 3.8) is 0 Å². The summed E-state index contributed by atoms with van der Waals surface area (Å²) in [4.78, 5) is 27.1. The molecule has 1 N–H and O–H groups in total. The molecule has 1 aromatic rings. The molecule has 1 amide bonds. The fourth-order valence-corrected chi connectivity index (χ4v) is 4.02. The number of amides is 1. The molecule has 146 valence electrons. The monoisotopic (exact) mass is 382 g/mol. The van der Waals surface area contributed by atoms with Crippen molar-refractivity contribution < 1.29 is 19.1 Å². The van der Waals surface area contributed by atoms with E-state index in [0.717, 1.165) is 18.5 Å². The van der Waals surface area contributed by atoms with E-state index in [1.807, 2.05) is 12.3 Å². The lowest BCUT2D eigenvalue weighted by atomic mass is 10.0. The number of anilines is 1. The van der Waals surface area contributed by atoms with Crippen molar-refractivity contribution in [1.82, 2.24) is 4.90 Å². The van der Waals surface area contributed by atoms with Crippen LogP contribution < -0.4 is 5.32 Å². The lowest BCUT2D eigenvalue weighted by Gasteiger charge is -2.36. The van der Waals surface area contributed by atoms with E-state index < -0.39 is 0 Å². The summed E-state index contributed by atoms with van der Waals surface area (Å²) in [7, 11) is 0. The molecule has 2 rings (SSSR count). The Hall–Kier alpha value is -1.44. The lowest BCUT2D eigenvalue weighted by molar-refractivity contribution is -0.121. The van der Waals surface area contributed by atoms with Crippen LogP contribution in [0.1, 0.15) is 50.5 Å². The van der Waals surface area contributed by atoms with Gasteiger partial charge in [0, 0.05) is 12.6 Å². The molecule has 0 radical (unpaired) electrons. The minimum Gasteiger partial charge on any atom is -0.462 e. The van der Waals surface area contributed by atoms with E-state index in [4.69, 9.17) is 9.47 Å². The Labute approximate surface area is 159 Å². The van der Waals surface area contributed by atoms with Crippen LogP contribution in [-0.2, 0) is 20.7 Å². The molecule has 2 atom stereocenters. The van der Waals surface area contributed by atoms with Crippen molar-refractivity contribution in [2.45, 2.75) is 53.2 Å². The normalized spacial score (nSPS) is 21.0. The highest BCUT2D eigenvalue weighted by atomic mass is 32.1. The Balaban J connectivity index is 2.10. The van der Waals surface area contributed by atoms with Crippen molar-refractivity contribution >= 4 is 28.2 Å². The molecule has 0 bridgehead atoms. The Morgan fingerprint density at radius 3 is 2.81 bits per heavy atom. The Morgan fingerprint density at radius 1 is 1.42 bits per heavy atom. The molecular weight excluding hydrogens is 352 g/mol. The van der Waals surface area contributed by atoms with E-state index in [1.165, 1.54) is 11.3 Å². The summed E-state index contributed by atoms with van der Waals surface area (Å²) in [5.41, 5.74) is 1.44. The highest BCUT2D eigenvalue weighted by molar-refractivity contribution is 7.15. The number of carbonyl (C=O) groups is 2. The van der Waals surface area contributed by atoms with Gasteiger partial charge in [0.15, 0.2) is 0 Å². The van der Waals surface area contributed by atoms with Crippen LogP contribution in [0.2, 0.25) is 0 Å². The number of hydrogen-bond donors (Lipinski definition) is 1. The molecule has 1 aliphatic heterocycles. The van der Waals surface area contributed by atoms with Crippen LogP contribution in [0.4, 0.5) is 5.00 Å². The second-order valence-corrected chi connectivity index (χ2v) is 8.13. The van der Waals surface area contributed by atoms with Crippen LogP contribution in [-0.4, -0.2) is 55.2 Å². The molecule has 26 heavy (non-hydrogen) atoms. The number of thiophene rings is 1. The number of morpholine rings is 1. The van der Waals surface area contributed by atoms with E-state index in [9.17, 15) is 9.59 Å². The molecule has 1 fully saturated rings. The molecule has 0 saturated carbocycles. The van der Waals surface area contributed by atoms with Crippen molar-refractivity contribution in [3.8, 4) is 0 Å². The fraction of sp³-hybridized carbons (Fsp3) is 0.684. The molecule has 7 heteroatoms. The van der Waals surface area contributed by atoms with Crippen molar-refractivity contribution in [1.29, 1.82) is 0 Å². The first kappa shape index (κ1) is 20.9. The number of hydrogen-bond acceptors (Lipinski definition) is 6. The van der Waals surface area contributed by atoms with E-state index >= 15 is 0 Å². The fourth-order valence-electron chi connectivity index (χ4n) is 3.05. The first-order valence-electron chi connectivity index (χ1n) is 9.24. The highest BCUT2D eigenvalue weighted by Crippen LogP contribution is 2.31. The predicted octanol–water partition coefficient (Wildman–Crippen LogP) is 3.17. The van der Waals surface area contributed by atoms with E-state index in [0.29, 0.717) is 29.7 Å². The third-order valence-corrected chi connectivity index (χ3v) is 5.26. The smallest absolute Gasteiger partial charge is 0.341 e. The Morgan fingerprint density at radius 2 is 2.15 bits per heavy atom. The second kappa shape index (κ2) is 9.48. The summed E-state index contributed by atoms with van der Waals surface area (Å²) in [6.45, 7) is 12.0. The minimum absolute atomic E-state index is 0.116. The number of rotatable bonds is 7. The summed E-state index contributed by atoms with van der Waals surface area (Å²) in [6.07, 6.45) is 0.895. The van der Waals surface area contributed by atoms with Gasteiger partial charge in [0.05, 0.1) is 31.4 Å². The molecule has 1 aliphatic rings. The van der Waals surface area contributed by atoms with Gasteiger partial charge in [-0.05, 0) is 44.1 Å². The molecule has 6 nitrogen and oxygen atoms in total. The zero-order valence-corrected chi connectivity index (χ0v) is 17.1. The number of nitrogens with one attached hydrogen (secondary N) is 1. The van der Waals surface area contributed by atoms with Crippen LogP contribution in [0.15, 0.2) is 5.38 Å². The van der Waals surface area contributed by atoms with Crippen LogP contribution in [0.25, 0.3) is 0 Å². The first-order valence-corrected chi connectivity index (χ1v) is 10.1. The van der Waals surface area contributed by atoms with Gasteiger partial charge < -0.3 is 14.8 Å². The molecule has 0 unspecified atom stereocenters. The Bertz CT molecular complexity index is 629. The zero-order valence-electron chi connectivity index (χ0n) is 16.3. The topological polar surface area (TPSA) is 67.9 Å². The quantitative estimate of drug-likeness (QED) is 0.734. The van der Waals surface area contributed by atoms with Crippen molar-refractivity contribution in [2.24, 2.45) is 5.92 Å². The minimum atomic E-state index is -0.368. The van der Waals surface area contributed by atoms with E-state index in [-0.39, 0.29) is 30.6 Å². The lowest BCUT2D eigenvalue weighted by Crippen LogP contribution is -2.50. The molecular formula is C19H30N2O4S. The molecule has 0 aliphatic carbocycles. The van der Waals surface area contributed by atoms with E-state index in [1.54, 1.807) is 6.92 Å². The van der Waals surface area contributed by atoms with Crippen molar-refractivity contribution in [2.75, 3.05) is 31.6 Å². The molecule has 0 spiro atoms. The van der Waals surface area contributed by atoms with Crippen molar-refractivity contribution in [3.05, 3.63) is 16.5 Å². The van der Waals surface area contributed by atoms with Gasteiger partial charge in [-0.1, -0.05) is 13.8 Å². The highest BCUT2D eigenvalue weighted by Gasteiger charge is 2.27. The SMILES string of the molecule is CCOC(=O)c1c(CC(C)C)csc1NC(=O)CN1C[C@@H](C)OC[C@@H]1C. The molecule has 1 saturated heterocycles. The summed E-state index contributed by atoms with van der Waals surface area (Å²) in [5, 5.41) is 5.45. The third kappa shape index (κ3) is 5.53. The number of nitrogens with zero attached hydrogens (tertiary/aromatic N) is 1. The predicted molar refractivity (Wildman–Crippen MR) is 104 cm³/mol. The average molecular weight is 383 g/mol. The molecule has 2 heterocycles. The maximum Gasteiger partial charge on any atom is 0.341 e. The largest absolute Gasteiger partial charge is 0.462 e. The maximum atomic E-state index is 12.6.